The van der Waals surface area contributed by atoms with Gasteiger partial charge in [0.25, 0.3) is 0 Å². The Morgan fingerprint density at radius 1 is 1.00 bits per heavy atom. The van der Waals surface area contributed by atoms with Crippen molar-refractivity contribution < 1.29 is 0 Å². The molecule has 2 heterocycles. The van der Waals surface area contributed by atoms with E-state index in [2.05, 4.69) is 28.5 Å². The topological polar surface area (TPSA) is 28.2 Å². The van der Waals surface area contributed by atoms with Crippen LogP contribution >= 0.6 is 0 Å². The molecule has 1 aromatic heterocycles. The van der Waals surface area contributed by atoms with Crippen LogP contribution in [0.5, 0.6) is 0 Å². The van der Waals surface area contributed by atoms with Crippen LogP contribution < -0.4 is 10.2 Å². The van der Waals surface area contributed by atoms with E-state index < -0.39 is 0 Å². The fourth-order valence-electron chi connectivity index (χ4n) is 6.27. The van der Waals surface area contributed by atoms with Gasteiger partial charge >= 0.3 is 0 Å². The van der Waals surface area contributed by atoms with Crippen LogP contribution in [0.25, 0.3) is 0 Å². The van der Waals surface area contributed by atoms with Crippen LogP contribution in [0, 0.1) is 17.8 Å². The molecule has 4 bridgehead atoms. The molecule has 0 radical (unpaired) electrons. The van der Waals surface area contributed by atoms with E-state index in [9.17, 15) is 0 Å². The number of hydrogen-bond donors (Lipinski definition) is 1. The summed E-state index contributed by atoms with van der Waals surface area (Å²) in [4.78, 5) is 7.12. The maximum atomic E-state index is 4.71. The number of pyridine rings is 1. The zero-order valence-electron chi connectivity index (χ0n) is 14.1. The Kier molecular flexibility index (Phi) is 3.40. The minimum absolute atomic E-state index is 0.461. The fourth-order valence-corrected chi connectivity index (χ4v) is 6.27. The lowest BCUT2D eigenvalue weighted by atomic mass is 9.53. The molecule has 1 N–H and O–H groups in total. The summed E-state index contributed by atoms with van der Waals surface area (Å²) in [6.07, 6.45) is 13.6. The molecule has 23 heavy (non-hydrogen) atoms. The highest BCUT2D eigenvalue weighted by Gasteiger charge is 2.50. The first-order valence-corrected chi connectivity index (χ1v) is 9.73. The predicted octanol–water partition coefficient (Wildman–Crippen LogP) is 3.74. The van der Waals surface area contributed by atoms with Crippen molar-refractivity contribution in [3.8, 4) is 0 Å². The van der Waals surface area contributed by atoms with E-state index in [1.54, 1.807) is 0 Å². The maximum absolute atomic E-state index is 4.71. The lowest BCUT2D eigenvalue weighted by molar-refractivity contribution is -0.0206. The molecular formula is C20H29N3. The minimum Gasteiger partial charge on any atom is -0.357 e. The second-order valence-electron chi connectivity index (χ2n) is 8.77. The fraction of sp³-hybridized carbons (Fsp3) is 0.750. The standard InChI is InChI=1S/C20H29N3/c1-2-6-23(5-1)19-4-3-15(13-21-19)14-22-20-10-16-7-17(11-20)9-18(8-16)12-20/h3-4,13,16-18,22H,1-2,5-12,14H2. The first-order chi connectivity index (χ1) is 11.3. The lowest BCUT2D eigenvalue weighted by Gasteiger charge is -2.57. The second-order valence-corrected chi connectivity index (χ2v) is 8.77. The van der Waals surface area contributed by atoms with Gasteiger partial charge in [0.15, 0.2) is 0 Å². The Balaban J connectivity index is 1.24. The van der Waals surface area contributed by atoms with E-state index in [0.717, 1.165) is 24.3 Å². The third-order valence-corrected chi connectivity index (χ3v) is 6.94. The molecule has 0 amide bonds. The van der Waals surface area contributed by atoms with Gasteiger partial charge in [-0.25, -0.2) is 4.98 Å². The van der Waals surface area contributed by atoms with Gasteiger partial charge in [0.2, 0.25) is 0 Å². The van der Waals surface area contributed by atoms with Crippen molar-refractivity contribution in [2.75, 3.05) is 18.0 Å². The molecule has 5 aliphatic rings. The summed E-state index contributed by atoms with van der Waals surface area (Å²) in [7, 11) is 0. The molecule has 0 aromatic carbocycles. The molecule has 3 nitrogen and oxygen atoms in total. The summed E-state index contributed by atoms with van der Waals surface area (Å²) in [6.45, 7) is 3.36. The summed E-state index contributed by atoms with van der Waals surface area (Å²) in [6, 6.07) is 4.51. The highest BCUT2D eigenvalue weighted by molar-refractivity contribution is 5.40. The molecule has 1 aliphatic heterocycles. The van der Waals surface area contributed by atoms with Gasteiger partial charge in [-0.2, -0.15) is 0 Å². The average Bonchev–Trinajstić information content (AvgIpc) is 3.07. The molecule has 4 saturated carbocycles. The largest absolute Gasteiger partial charge is 0.357 e. The zero-order chi connectivity index (χ0) is 15.3. The molecule has 6 rings (SSSR count). The summed E-state index contributed by atoms with van der Waals surface area (Å²) >= 11 is 0. The van der Waals surface area contributed by atoms with Crippen LogP contribution in [0.3, 0.4) is 0 Å². The quantitative estimate of drug-likeness (QED) is 0.918. The number of nitrogens with one attached hydrogen (secondary N) is 1. The van der Waals surface area contributed by atoms with Crippen molar-refractivity contribution in [2.24, 2.45) is 17.8 Å². The van der Waals surface area contributed by atoms with Crippen LogP contribution in [0.2, 0.25) is 0 Å². The summed E-state index contributed by atoms with van der Waals surface area (Å²) < 4.78 is 0. The number of hydrogen-bond acceptors (Lipinski definition) is 3. The minimum atomic E-state index is 0.461. The third kappa shape index (κ3) is 2.67. The Bertz CT molecular complexity index is 523. The van der Waals surface area contributed by atoms with Crippen molar-refractivity contribution in [3.05, 3.63) is 23.9 Å². The molecular weight excluding hydrogens is 282 g/mol. The van der Waals surface area contributed by atoms with Crippen molar-refractivity contribution in [2.45, 2.75) is 63.5 Å². The van der Waals surface area contributed by atoms with Crippen LogP contribution in [-0.4, -0.2) is 23.6 Å². The van der Waals surface area contributed by atoms with Gasteiger partial charge in [-0.05, 0) is 80.8 Å². The predicted molar refractivity (Wildman–Crippen MR) is 93.4 cm³/mol. The van der Waals surface area contributed by atoms with Crippen molar-refractivity contribution in [3.63, 3.8) is 0 Å². The molecule has 124 valence electrons. The smallest absolute Gasteiger partial charge is 0.128 e. The zero-order valence-corrected chi connectivity index (χ0v) is 14.1. The SMILES string of the molecule is c1cc(N2CCCC2)ncc1CNC12CC3CC(CC(C3)C1)C2. The van der Waals surface area contributed by atoms with Gasteiger partial charge in [0.05, 0.1) is 0 Å². The number of nitrogens with zero attached hydrogens (tertiary/aromatic N) is 2. The van der Waals surface area contributed by atoms with Crippen molar-refractivity contribution in [1.29, 1.82) is 0 Å². The van der Waals surface area contributed by atoms with Crippen molar-refractivity contribution >= 4 is 5.82 Å². The van der Waals surface area contributed by atoms with Crippen LogP contribution in [-0.2, 0) is 6.54 Å². The first-order valence-electron chi connectivity index (χ1n) is 9.73. The number of aromatic nitrogens is 1. The van der Waals surface area contributed by atoms with E-state index in [0.29, 0.717) is 5.54 Å². The van der Waals surface area contributed by atoms with Gasteiger partial charge in [0.1, 0.15) is 5.82 Å². The summed E-state index contributed by atoms with van der Waals surface area (Å²) in [5.74, 6) is 4.22. The van der Waals surface area contributed by atoms with Crippen LogP contribution in [0.4, 0.5) is 5.82 Å². The van der Waals surface area contributed by atoms with Crippen molar-refractivity contribution in [1.82, 2.24) is 10.3 Å². The third-order valence-electron chi connectivity index (χ3n) is 6.94. The Labute approximate surface area is 139 Å². The number of anilines is 1. The summed E-state index contributed by atoms with van der Waals surface area (Å²) in [5.41, 5.74) is 1.81. The first kappa shape index (κ1) is 14.3. The van der Waals surface area contributed by atoms with Gasteiger partial charge in [-0.1, -0.05) is 6.07 Å². The van der Waals surface area contributed by atoms with Gasteiger partial charge in [0, 0.05) is 31.4 Å². The van der Waals surface area contributed by atoms with Gasteiger partial charge < -0.3 is 10.2 Å². The molecule has 0 atom stereocenters. The monoisotopic (exact) mass is 311 g/mol. The molecule has 5 fully saturated rings. The lowest BCUT2D eigenvalue weighted by Crippen LogP contribution is -2.58. The highest BCUT2D eigenvalue weighted by atomic mass is 15.2. The van der Waals surface area contributed by atoms with Crippen LogP contribution in [0.1, 0.15) is 56.9 Å². The second kappa shape index (κ2) is 5.47. The van der Waals surface area contributed by atoms with Gasteiger partial charge in [-0.15, -0.1) is 0 Å². The average molecular weight is 311 g/mol. The Morgan fingerprint density at radius 2 is 1.65 bits per heavy atom. The molecule has 1 saturated heterocycles. The highest BCUT2D eigenvalue weighted by Crippen LogP contribution is 2.55. The molecule has 4 aliphatic carbocycles. The normalized spacial score (nSPS) is 38.4. The Morgan fingerprint density at radius 3 is 2.22 bits per heavy atom. The van der Waals surface area contributed by atoms with E-state index in [-0.39, 0.29) is 0 Å². The van der Waals surface area contributed by atoms with E-state index in [4.69, 9.17) is 4.98 Å². The summed E-state index contributed by atoms with van der Waals surface area (Å²) in [5, 5.41) is 3.98. The number of rotatable bonds is 4. The Hall–Kier alpha value is -1.09. The van der Waals surface area contributed by atoms with E-state index in [1.165, 1.54) is 75.8 Å². The van der Waals surface area contributed by atoms with Crippen LogP contribution in [0.15, 0.2) is 18.3 Å². The van der Waals surface area contributed by atoms with Gasteiger partial charge in [-0.3, -0.25) is 0 Å². The maximum Gasteiger partial charge on any atom is 0.128 e. The molecule has 0 spiro atoms. The molecule has 3 heteroatoms. The molecule has 0 unspecified atom stereocenters. The van der Waals surface area contributed by atoms with E-state index >= 15 is 0 Å². The van der Waals surface area contributed by atoms with E-state index in [1.807, 2.05) is 0 Å². The molecule has 1 aromatic rings.